The van der Waals surface area contributed by atoms with E-state index in [4.69, 9.17) is 14.6 Å². The van der Waals surface area contributed by atoms with Crippen LogP contribution >= 0.6 is 0 Å². The van der Waals surface area contributed by atoms with E-state index in [0.29, 0.717) is 6.42 Å². The number of hydrogen-bond donors (Lipinski definition) is 2. The summed E-state index contributed by atoms with van der Waals surface area (Å²) in [7, 11) is 0. The lowest BCUT2D eigenvalue weighted by molar-refractivity contribution is -0.384. The Hall–Kier alpha value is -3.17. The normalized spacial score (nSPS) is 12.0. The van der Waals surface area contributed by atoms with Gasteiger partial charge in [-0.1, -0.05) is 12.1 Å². The summed E-state index contributed by atoms with van der Waals surface area (Å²) in [6.45, 7) is 4.83. The van der Waals surface area contributed by atoms with Crippen LogP contribution in [-0.4, -0.2) is 46.3 Å². The van der Waals surface area contributed by atoms with Crippen LogP contribution in [0.25, 0.3) is 0 Å². The third-order valence-corrected chi connectivity index (χ3v) is 3.16. The van der Waals surface area contributed by atoms with Crippen LogP contribution < -0.4 is 5.32 Å². The van der Waals surface area contributed by atoms with Gasteiger partial charge in [-0.3, -0.25) is 14.9 Å². The fraction of sp³-hybridized carbons (Fsp3) is 0.471. The van der Waals surface area contributed by atoms with E-state index in [9.17, 15) is 24.5 Å². The number of rotatable bonds is 8. The molecule has 0 saturated carbocycles. The van der Waals surface area contributed by atoms with Gasteiger partial charge in [-0.15, -0.1) is 0 Å². The lowest BCUT2D eigenvalue weighted by atomic mass is 10.1. The number of amides is 1. The minimum Gasteiger partial charge on any atom is -0.480 e. The molecule has 1 amide bonds. The van der Waals surface area contributed by atoms with Gasteiger partial charge in [0.1, 0.15) is 11.6 Å². The van der Waals surface area contributed by atoms with Crippen LogP contribution in [0, 0.1) is 10.1 Å². The Morgan fingerprint density at radius 1 is 1.22 bits per heavy atom. The Kier molecular flexibility index (Phi) is 7.70. The van der Waals surface area contributed by atoms with Crippen molar-refractivity contribution in [2.24, 2.45) is 0 Å². The number of esters is 1. The van der Waals surface area contributed by atoms with Gasteiger partial charge in [-0.25, -0.2) is 9.59 Å². The molecule has 0 bridgehead atoms. The molecule has 1 rings (SSSR count). The Labute approximate surface area is 155 Å². The number of nitro groups is 1. The van der Waals surface area contributed by atoms with Gasteiger partial charge in [0.15, 0.2) is 0 Å². The summed E-state index contributed by atoms with van der Waals surface area (Å²) in [4.78, 5) is 44.7. The lowest BCUT2D eigenvalue weighted by Gasteiger charge is -2.21. The van der Waals surface area contributed by atoms with Crippen LogP contribution in [0.1, 0.15) is 32.8 Å². The molecule has 1 aromatic carbocycles. The zero-order chi connectivity index (χ0) is 20.6. The van der Waals surface area contributed by atoms with E-state index < -0.39 is 41.0 Å². The summed E-state index contributed by atoms with van der Waals surface area (Å²) in [5, 5.41) is 21.8. The molecule has 27 heavy (non-hydrogen) atoms. The number of alkyl carbamates (subject to hydrolysis) is 1. The maximum absolute atomic E-state index is 11.8. The lowest BCUT2D eigenvalue weighted by Crippen LogP contribution is -2.44. The molecule has 0 fully saturated rings. The predicted octanol–water partition coefficient (Wildman–Crippen LogP) is 2.05. The number of carboxylic acid groups (broad SMARTS) is 1. The second-order valence-corrected chi connectivity index (χ2v) is 6.64. The number of non-ortho nitro benzene ring substituents is 1. The van der Waals surface area contributed by atoms with E-state index in [1.165, 1.54) is 24.3 Å². The number of nitrogens with zero attached hydrogens (tertiary/aromatic N) is 1. The molecule has 10 nitrogen and oxygen atoms in total. The first-order chi connectivity index (χ1) is 12.5. The first-order valence-electron chi connectivity index (χ1n) is 8.09. The van der Waals surface area contributed by atoms with Crippen molar-refractivity contribution in [1.29, 1.82) is 0 Å². The molecule has 1 unspecified atom stereocenters. The number of carboxylic acids is 1. The number of carbonyl (C=O) groups excluding carboxylic acids is 2. The molecule has 1 aromatic rings. The zero-order valence-electron chi connectivity index (χ0n) is 15.3. The molecule has 0 aromatic heterocycles. The van der Waals surface area contributed by atoms with Gasteiger partial charge >= 0.3 is 18.0 Å². The van der Waals surface area contributed by atoms with Crippen LogP contribution in [-0.2, 0) is 25.5 Å². The van der Waals surface area contributed by atoms with E-state index in [-0.39, 0.29) is 12.3 Å². The Balaban J connectivity index is 2.46. The van der Waals surface area contributed by atoms with Gasteiger partial charge in [0.2, 0.25) is 0 Å². The zero-order valence-corrected chi connectivity index (χ0v) is 15.3. The second-order valence-electron chi connectivity index (χ2n) is 6.64. The Morgan fingerprint density at radius 3 is 2.30 bits per heavy atom. The highest BCUT2D eigenvalue weighted by molar-refractivity contribution is 5.85. The van der Waals surface area contributed by atoms with E-state index >= 15 is 0 Å². The predicted molar refractivity (Wildman–Crippen MR) is 93.2 cm³/mol. The maximum Gasteiger partial charge on any atom is 0.408 e. The summed E-state index contributed by atoms with van der Waals surface area (Å²) >= 11 is 0. The first-order valence-corrected chi connectivity index (χ1v) is 8.09. The van der Waals surface area contributed by atoms with Crippen molar-refractivity contribution in [3.63, 3.8) is 0 Å². The van der Waals surface area contributed by atoms with Gasteiger partial charge in [0.25, 0.3) is 5.69 Å². The molecule has 2 N–H and O–H groups in total. The molecule has 0 aliphatic rings. The van der Waals surface area contributed by atoms with Crippen LogP contribution in [0.5, 0.6) is 0 Å². The van der Waals surface area contributed by atoms with Crippen molar-refractivity contribution >= 4 is 23.7 Å². The molecule has 0 aliphatic carbocycles. The minimum atomic E-state index is -1.48. The van der Waals surface area contributed by atoms with Crippen molar-refractivity contribution in [1.82, 2.24) is 5.32 Å². The van der Waals surface area contributed by atoms with E-state index in [2.05, 4.69) is 5.32 Å². The van der Waals surface area contributed by atoms with Crippen LogP contribution in [0.2, 0.25) is 0 Å². The molecule has 0 saturated heterocycles. The maximum atomic E-state index is 11.8. The number of carbonyl (C=O) groups is 3. The summed E-state index contributed by atoms with van der Waals surface area (Å²) in [6.07, 6.45) is -1.20. The summed E-state index contributed by atoms with van der Waals surface area (Å²) in [5.74, 6) is -2.20. The average Bonchev–Trinajstić information content (AvgIpc) is 2.52. The van der Waals surface area contributed by atoms with E-state index in [0.717, 1.165) is 5.56 Å². The molecule has 10 heteroatoms. The Morgan fingerprint density at radius 2 is 1.81 bits per heavy atom. The topological polar surface area (TPSA) is 145 Å². The molecular weight excluding hydrogens is 360 g/mol. The minimum absolute atomic E-state index is 0.0323. The first kappa shape index (κ1) is 21.9. The van der Waals surface area contributed by atoms with Crippen molar-refractivity contribution in [3.8, 4) is 0 Å². The standard InChI is InChI=1S/C17H22N2O8/c1-17(2,3)27-16(23)18-13(15(21)22)10-14(20)26-9-8-11-4-6-12(7-5-11)19(24)25/h4-7,13H,8-10H2,1-3H3,(H,18,23)(H,21,22). The van der Waals surface area contributed by atoms with Crippen molar-refractivity contribution in [3.05, 3.63) is 39.9 Å². The summed E-state index contributed by atoms with van der Waals surface area (Å²) < 4.78 is 9.91. The number of benzene rings is 1. The van der Waals surface area contributed by atoms with Crippen molar-refractivity contribution in [2.45, 2.75) is 45.3 Å². The van der Waals surface area contributed by atoms with Gasteiger partial charge in [-0.2, -0.15) is 0 Å². The number of hydrogen-bond acceptors (Lipinski definition) is 7. The molecule has 0 aliphatic heterocycles. The van der Waals surface area contributed by atoms with Crippen LogP contribution in [0.3, 0.4) is 0 Å². The third kappa shape index (κ3) is 8.66. The smallest absolute Gasteiger partial charge is 0.408 e. The van der Waals surface area contributed by atoms with Gasteiger partial charge in [-0.05, 0) is 26.3 Å². The summed E-state index contributed by atoms with van der Waals surface area (Å²) in [6, 6.07) is 4.27. The molecule has 148 valence electrons. The van der Waals surface area contributed by atoms with E-state index in [1.54, 1.807) is 20.8 Å². The van der Waals surface area contributed by atoms with Gasteiger partial charge < -0.3 is 19.9 Å². The second kappa shape index (κ2) is 9.51. The molecule has 0 radical (unpaired) electrons. The Bertz CT molecular complexity index is 694. The third-order valence-electron chi connectivity index (χ3n) is 3.16. The summed E-state index contributed by atoms with van der Waals surface area (Å²) in [5.41, 5.74) is -0.137. The fourth-order valence-electron chi connectivity index (χ4n) is 1.94. The highest BCUT2D eigenvalue weighted by Crippen LogP contribution is 2.12. The average molecular weight is 382 g/mol. The number of nitrogens with one attached hydrogen (secondary N) is 1. The number of nitro benzene ring substituents is 1. The number of ether oxygens (including phenoxy) is 2. The molecule has 1 atom stereocenters. The van der Waals surface area contributed by atoms with Gasteiger partial charge in [0.05, 0.1) is 18.0 Å². The molecular formula is C17H22N2O8. The monoisotopic (exact) mass is 382 g/mol. The fourth-order valence-corrected chi connectivity index (χ4v) is 1.94. The quantitative estimate of drug-likeness (QED) is 0.395. The van der Waals surface area contributed by atoms with Crippen LogP contribution in [0.4, 0.5) is 10.5 Å². The van der Waals surface area contributed by atoms with Crippen molar-refractivity contribution < 1.29 is 33.9 Å². The largest absolute Gasteiger partial charge is 0.480 e. The molecule has 0 spiro atoms. The van der Waals surface area contributed by atoms with E-state index in [1.807, 2.05) is 0 Å². The van der Waals surface area contributed by atoms with Crippen LogP contribution in [0.15, 0.2) is 24.3 Å². The highest BCUT2D eigenvalue weighted by Gasteiger charge is 2.26. The number of aliphatic carboxylic acids is 1. The van der Waals surface area contributed by atoms with Gasteiger partial charge in [0, 0.05) is 18.6 Å². The SMILES string of the molecule is CC(C)(C)OC(=O)NC(CC(=O)OCCc1ccc([N+](=O)[O-])cc1)C(=O)O. The van der Waals surface area contributed by atoms with Crippen molar-refractivity contribution in [2.75, 3.05) is 6.61 Å². The molecule has 0 heterocycles. The highest BCUT2D eigenvalue weighted by atomic mass is 16.6.